The van der Waals surface area contributed by atoms with Crippen molar-refractivity contribution in [1.29, 1.82) is 0 Å². The Bertz CT molecular complexity index is 955. The summed E-state index contributed by atoms with van der Waals surface area (Å²) in [6.07, 6.45) is 1.86. The van der Waals surface area contributed by atoms with Gasteiger partial charge in [-0.25, -0.2) is 0 Å². The molecule has 3 aromatic rings. The maximum absolute atomic E-state index is 4.27. The molecule has 0 aliphatic carbocycles. The minimum absolute atomic E-state index is 0.931. The summed E-state index contributed by atoms with van der Waals surface area (Å²) in [4.78, 5) is 0. The summed E-state index contributed by atoms with van der Waals surface area (Å²) < 4.78 is 0. The van der Waals surface area contributed by atoms with Gasteiger partial charge in [0.2, 0.25) is 0 Å². The molecule has 0 aromatic heterocycles. The van der Waals surface area contributed by atoms with E-state index in [1.165, 1.54) is 66.5 Å². The van der Waals surface area contributed by atoms with Gasteiger partial charge < -0.3 is 0 Å². The van der Waals surface area contributed by atoms with Crippen molar-refractivity contribution in [2.75, 3.05) is 0 Å². The Morgan fingerprint density at radius 3 is 0.935 bits per heavy atom. The Morgan fingerprint density at radius 2 is 0.742 bits per heavy atom. The molecular weight excluding hydrogens is 371 g/mol. The van der Waals surface area contributed by atoms with Crippen LogP contribution in [-0.2, 0) is 0 Å². The second-order valence-electron chi connectivity index (χ2n) is 10.0. The van der Waals surface area contributed by atoms with Gasteiger partial charge in [0.15, 0.2) is 0 Å². The van der Waals surface area contributed by atoms with Crippen LogP contribution < -0.4 is 16.4 Å². The van der Waals surface area contributed by atoms with Crippen molar-refractivity contribution in [2.24, 2.45) is 0 Å². The summed E-state index contributed by atoms with van der Waals surface area (Å²) in [5, 5.41) is 0. The number of hydrogen-bond donors (Lipinski definition) is 0. The van der Waals surface area contributed by atoms with E-state index in [2.05, 4.69) is 111 Å². The second kappa shape index (κ2) is 8.54. The van der Waals surface area contributed by atoms with E-state index in [1.807, 2.05) is 0 Å². The normalized spacial score (nSPS) is 11.6. The fourth-order valence-corrected chi connectivity index (χ4v) is 6.94. The van der Waals surface area contributed by atoms with Crippen LogP contribution in [0.15, 0.2) is 49.1 Å². The van der Waals surface area contributed by atoms with Crippen LogP contribution in [0.5, 0.6) is 0 Å². The molecule has 0 unspecified atom stereocenters. The molecule has 0 nitrogen and oxygen atoms in total. The van der Waals surface area contributed by atoms with Crippen molar-refractivity contribution < 1.29 is 0 Å². The summed E-state index contributed by atoms with van der Waals surface area (Å²) in [5.74, 6) is 0. The molecule has 0 radical (unpaired) electrons. The molecule has 3 aromatic carbocycles. The van der Waals surface area contributed by atoms with E-state index < -0.39 is 6.15 Å². The van der Waals surface area contributed by atoms with Gasteiger partial charge in [-0.05, 0) is 62.3 Å². The monoisotopic (exact) mass is 409 g/mol. The van der Waals surface area contributed by atoms with Gasteiger partial charge in [0.05, 0.1) is 6.15 Å². The zero-order chi connectivity index (χ0) is 23.1. The molecule has 0 amide bonds. The maximum Gasteiger partial charge on any atom is 0.0868 e. The molecule has 0 saturated heterocycles. The second-order valence-corrected chi connectivity index (χ2v) is 10.0. The minimum Gasteiger partial charge on any atom is -0.194 e. The lowest BCUT2D eigenvalue weighted by atomic mass is 9.12. The van der Waals surface area contributed by atoms with Crippen LogP contribution in [0.4, 0.5) is 0 Å². The third-order valence-electron chi connectivity index (χ3n) is 7.21. The number of hydrogen-bond acceptors (Lipinski definition) is 0. The van der Waals surface area contributed by atoms with Crippen molar-refractivity contribution in [1.82, 2.24) is 0 Å². The van der Waals surface area contributed by atoms with Gasteiger partial charge >= 0.3 is 0 Å². The SMILES string of the molecule is C=CC[B-](c1c(C)cc(C)cc1C)(c1c(C)cc(C)cc1C)c1c(C)cc(C)cc1C. The molecule has 0 atom stereocenters. The van der Waals surface area contributed by atoms with Gasteiger partial charge in [-0.2, -0.15) is 16.4 Å². The van der Waals surface area contributed by atoms with E-state index in [0.29, 0.717) is 0 Å². The number of benzene rings is 3. The maximum atomic E-state index is 4.27. The fourth-order valence-electron chi connectivity index (χ4n) is 6.94. The van der Waals surface area contributed by atoms with Crippen LogP contribution in [0, 0.1) is 62.3 Å². The molecule has 0 N–H and O–H groups in total. The number of rotatable bonds is 5. The molecule has 1 heteroatoms. The average Bonchev–Trinajstić information content (AvgIpc) is 2.58. The topological polar surface area (TPSA) is 0 Å². The highest BCUT2D eigenvalue weighted by Crippen LogP contribution is 2.25. The molecule has 3 rings (SSSR count). The van der Waals surface area contributed by atoms with Crippen molar-refractivity contribution in [3.05, 3.63) is 99.1 Å². The fraction of sp³-hybridized carbons (Fsp3) is 0.333. The molecule has 0 heterocycles. The van der Waals surface area contributed by atoms with Gasteiger partial charge in [0.25, 0.3) is 0 Å². The van der Waals surface area contributed by atoms with Crippen molar-refractivity contribution in [3.63, 3.8) is 0 Å². The predicted octanol–water partition coefficient (Wildman–Crippen LogP) is 6.12. The molecule has 0 fully saturated rings. The van der Waals surface area contributed by atoms with E-state index in [4.69, 9.17) is 0 Å². The summed E-state index contributed by atoms with van der Waals surface area (Å²) in [6.45, 7) is 24.7. The van der Waals surface area contributed by atoms with Crippen molar-refractivity contribution in [3.8, 4) is 0 Å². The van der Waals surface area contributed by atoms with E-state index in [0.717, 1.165) is 6.32 Å². The molecule has 0 bridgehead atoms. The van der Waals surface area contributed by atoms with Crippen LogP contribution in [-0.4, -0.2) is 6.15 Å². The lowest BCUT2D eigenvalue weighted by Crippen LogP contribution is -2.70. The first-order valence-corrected chi connectivity index (χ1v) is 11.6. The summed E-state index contributed by atoms with van der Waals surface area (Å²) >= 11 is 0. The van der Waals surface area contributed by atoms with Crippen molar-refractivity contribution >= 4 is 22.5 Å². The Balaban J connectivity index is 2.65. The van der Waals surface area contributed by atoms with Gasteiger partial charge in [-0.15, -0.1) is 19.0 Å². The molecule has 0 aliphatic heterocycles. The molecular formula is C30H38B-. The molecule has 162 valence electrons. The smallest absolute Gasteiger partial charge is 0.0868 e. The quantitative estimate of drug-likeness (QED) is 0.352. The largest absolute Gasteiger partial charge is 0.194 e. The standard InChI is InChI=1S/C30H38B/c1-11-12-31(28-22(5)13-19(2)14-23(28)6,29-24(7)15-20(3)16-25(29)8)30-26(9)17-21(4)18-27(30)10/h11,13-18H,1,12H2,2-10H3/q-1. The van der Waals surface area contributed by atoms with Crippen LogP contribution in [0.1, 0.15) is 50.1 Å². The molecule has 31 heavy (non-hydrogen) atoms. The Kier molecular flexibility index (Phi) is 6.37. The summed E-state index contributed by atoms with van der Waals surface area (Å²) in [5.41, 5.74) is 16.8. The Labute approximate surface area is 190 Å². The Morgan fingerprint density at radius 1 is 0.516 bits per heavy atom. The van der Waals surface area contributed by atoms with E-state index in [1.54, 1.807) is 0 Å². The van der Waals surface area contributed by atoms with Gasteiger partial charge in [0.1, 0.15) is 0 Å². The van der Waals surface area contributed by atoms with Gasteiger partial charge in [-0.3, -0.25) is 0 Å². The van der Waals surface area contributed by atoms with Crippen LogP contribution in [0.3, 0.4) is 0 Å². The van der Waals surface area contributed by atoms with Crippen LogP contribution in [0.2, 0.25) is 6.32 Å². The van der Waals surface area contributed by atoms with Crippen molar-refractivity contribution in [2.45, 2.75) is 68.6 Å². The summed E-state index contributed by atoms with van der Waals surface area (Å²) in [7, 11) is 0. The average molecular weight is 409 g/mol. The van der Waals surface area contributed by atoms with Crippen LogP contribution >= 0.6 is 0 Å². The molecule has 0 spiro atoms. The third-order valence-corrected chi connectivity index (χ3v) is 7.21. The first-order valence-electron chi connectivity index (χ1n) is 11.6. The van der Waals surface area contributed by atoms with Gasteiger partial charge in [-0.1, -0.05) is 86.5 Å². The number of aryl methyl sites for hydroxylation is 9. The number of allylic oxidation sites excluding steroid dienone is 1. The molecule has 0 aliphatic rings. The highest BCUT2D eigenvalue weighted by Gasteiger charge is 2.35. The lowest BCUT2D eigenvalue weighted by Gasteiger charge is -2.49. The third kappa shape index (κ3) is 3.91. The minimum atomic E-state index is -1.22. The first kappa shape index (κ1) is 23.1. The summed E-state index contributed by atoms with van der Waals surface area (Å²) in [6, 6.07) is 14.2. The predicted molar refractivity (Wildman–Crippen MR) is 142 cm³/mol. The van der Waals surface area contributed by atoms with E-state index >= 15 is 0 Å². The molecule has 0 saturated carbocycles. The van der Waals surface area contributed by atoms with Gasteiger partial charge in [0, 0.05) is 0 Å². The Hall–Kier alpha value is -2.54. The van der Waals surface area contributed by atoms with E-state index in [9.17, 15) is 0 Å². The van der Waals surface area contributed by atoms with E-state index in [-0.39, 0.29) is 0 Å². The zero-order valence-electron chi connectivity index (χ0n) is 21.0. The highest BCUT2D eigenvalue weighted by atomic mass is 14.2. The van der Waals surface area contributed by atoms with Crippen LogP contribution in [0.25, 0.3) is 0 Å². The highest BCUT2D eigenvalue weighted by molar-refractivity contribution is 7.13. The zero-order valence-corrected chi connectivity index (χ0v) is 21.0. The first-order chi connectivity index (χ1) is 14.5. The lowest BCUT2D eigenvalue weighted by molar-refractivity contribution is 1.30.